The van der Waals surface area contributed by atoms with Crippen LogP contribution in [0.25, 0.3) is 6.08 Å². The van der Waals surface area contributed by atoms with E-state index in [4.69, 9.17) is 32.4 Å². The van der Waals surface area contributed by atoms with Gasteiger partial charge in [0, 0.05) is 6.08 Å². The molecule has 0 atom stereocenters. The third kappa shape index (κ3) is 4.61. The van der Waals surface area contributed by atoms with Gasteiger partial charge in [-0.15, -0.1) is 0 Å². The summed E-state index contributed by atoms with van der Waals surface area (Å²) in [5.74, 6) is -0.817. The van der Waals surface area contributed by atoms with Crippen LogP contribution in [0.5, 0.6) is 0 Å². The van der Waals surface area contributed by atoms with E-state index >= 15 is 0 Å². The number of esters is 2. The first-order valence-electron chi connectivity index (χ1n) is 6.47. The van der Waals surface area contributed by atoms with Gasteiger partial charge in [0.25, 0.3) is 0 Å². The zero-order chi connectivity index (χ0) is 16.8. The molecule has 5 nitrogen and oxygen atoms in total. The Balaban J connectivity index is 1.92. The van der Waals surface area contributed by atoms with Gasteiger partial charge in [0.1, 0.15) is 12.4 Å². The zero-order valence-electron chi connectivity index (χ0n) is 12.0. The molecule has 0 amide bonds. The van der Waals surface area contributed by atoms with Crippen molar-refractivity contribution in [3.63, 3.8) is 0 Å². The Labute approximate surface area is 142 Å². The van der Waals surface area contributed by atoms with Gasteiger partial charge >= 0.3 is 11.9 Å². The Morgan fingerprint density at radius 2 is 2.00 bits per heavy atom. The monoisotopic (exact) mass is 354 g/mol. The molecule has 0 saturated heterocycles. The first kappa shape index (κ1) is 17.1. The number of hydrogen-bond donors (Lipinski definition) is 0. The standard InChI is InChI=1S/C16H12Cl2O5/c1-21-16(20)13-7-6-11(23-13)9-22-14(19)8-5-10-3-2-4-12(17)15(10)18/h2-8H,9H2,1H3/b8-5+. The van der Waals surface area contributed by atoms with Gasteiger partial charge in [-0.2, -0.15) is 0 Å². The SMILES string of the molecule is COC(=O)c1ccc(COC(=O)/C=C/c2cccc(Cl)c2Cl)o1. The van der Waals surface area contributed by atoms with Crippen LogP contribution in [0.4, 0.5) is 0 Å². The van der Waals surface area contributed by atoms with E-state index in [2.05, 4.69) is 4.74 Å². The molecule has 0 spiro atoms. The summed E-state index contributed by atoms with van der Waals surface area (Å²) in [5, 5.41) is 0.750. The summed E-state index contributed by atoms with van der Waals surface area (Å²) < 4.78 is 14.7. The number of methoxy groups -OCH3 is 1. The van der Waals surface area contributed by atoms with Crippen LogP contribution in [-0.2, 0) is 20.9 Å². The molecule has 1 heterocycles. The minimum absolute atomic E-state index is 0.0415. The van der Waals surface area contributed by atoms with Crippen LogP contribution >= 0.6 is 23.2 Å². The second-order valence-corrected chi connectivity index (χ2v) is 5.13. The highest BCUT2D eigenvalue weighted by molar-refractivity contribution is 6.42. The molecule has 0 N–H and O–H groups in total. The van der Waals surface area contributed by atoms with E-state index in [1.54, 1.807) is 18.2 Å². The lowest BCUT2D eigenvalue weighted by atomic mass is 10.2. The zero-order valence-corrected chi connectivity index (χ0v) is 13.6. The number of halogens is 2. The molecule has 7 heteroatoms. The predicted molar refractivity (Wildman–Crippen MR) is 85.3 cm³/mol. The fourth-order valence-electron chi connectivity index (χ4n) is 1.66. The van der Waals surface area contributed by atoms with Crippen molar-refractivity contribution in [3.05, 3.63) is 63.5 Å². The van der Waals surface area contributed by atoms with Crippen molar-refractivity contribution >= 4 is 41.2 Å². The highest BCUT2D eigenvalue weighted by atomic mass is 35.5. The van der Waals surface area contributed by atoms with Gasteiger partial charge in [0.05, 0.1) is 17.2 Å². The van der Waals surface area contributed by atoms with Gasteiger partial charge in [-0.05, 0) is 29.8 Å². The van der Waals surface area contributed by atoms with Crippen LogP contribution < -0.4 is 0 Å². The summed E-state index contributed by atoms with van der Waals surface area (Å²) in [4.78, 5) is 22.9. The maximum Gasteiger partial charge on any atom is 0.373 e. The van der Waals surface area contributed by atoms with Gasteiger partial charge in [-0.3, -0.25) is 0 Å². The summed E-state index contributed by atoms with van der Waals surface area (Å²) in [6.45, 7) is -0.108. The van der Waals surface area contributed by atoms with Crippen molar-refractivity contribution < 1.29 is 23.5 Å². The van der Waals surface area contributed by atoms with Crippen LogP contribution in [0.15, 0.2) is 40.8 Å². The average molecular weight is 355 g/mol. The quantitative estimate of drug-likeness (QED) is 0.596. The molecule has 2 aromatic rings. The summed E-state index contributed by atoms with van der Waals surface area (Å²) in [5.41, 5.74) is 0.599. The third-order valence-corrected chi connectivity index (χ3v) is 3.62. The third-order valence-electron chi connectivity index (χ3n) is 2.79. The molecule has 23 heavy (non-hydrogen) atoms. The molecule has 1 aromatic heterocycles. The Bertz CT molecular complexity index is 749. The predicted octanol–water partition coefficient (Wildman–Crippen LogP) is 4.13. The van der Waals surface area contributed by atoms with E-state index < -0.39 is 11.9 Å². The maximum absolute atomic E-state index is 11.7. The number of carbonyl (C=O) groups excluding carboxylic acids is 2. The normalized spacial score (nSPS) is 10.7. The number of furan rings is 1. The highest BCUT2D eigenvalue weighted by Crippen LogP contribution is 2.26. The number of carbonyl (C=O) groups is 2. The van der Waals surface area contributed by atoms with Crippen LogP contribution in [0.1, 0.15) is 21.9 Å². The van der Waals surface area contributed by atoms with E-state index in [9.17, 15) is 9.59 Å². The van der Waals surface area contributed by atoms with Crippen molar-refractivity contribution in [2.75, 3.05) is 7.11 Å². The minimum Gasteiger partial charge on any atom is -0.463 e. The topological polar surface area (TPSA) is 65.7 Å². The van der Waals surface area contributed by atoms with Gasteiger partial charge in [0.2, 0.25) is 5.76 Å². The summed E-state index contributed by atoms with van der Waals surface area (Å²) in [6, 6.07) is 8.05. The molecule has 2 rings (SSSR count). The van der Waals surface area contributed by atoms with Gasteiger partial charge < -0.3 is 13.9 Å². The maximum atomic E-state index is 11.7. The summed E-state index contributed by atoms with van der Waals surface area (Å²) in [7, 11) is 1.25. The van der Waals surface area contributed by atoms with Crippen LogP contribution in [0.2, 0.25) is 10.0 Å². The second kappa shape index (κ2) is 7.85. The molecular formula is C16H12Cl2O5. The largest absolute Gasteiger partial charge is 0.463 e. The van der Waals surface area contributed by atoms with E-state index in [1.165, 1.54) is 31.4 Å². The first-order valence-corrected chi connectivity index (χ1v) is 7.22. The number of benzene rings is 1. The Morgan fingerprint density at radius 3 is 2.74 bits per heavy atom. The van der Waals surface area contributed by atoms with Crippen molar-refractivity contribution in [2.24, 2.45) is 0 Å². The molecule has 0 aliphatic heterocycles. The van der Waals surface area contributed by atoms with Gasteiger partial charge in [-0.25, -0.2) is 9.59 Å². The molecular weight excluding hydrogens is 343 g/mol. The Kier molecular flexibility index (Phi) is 5.84. The van der Waals surface area contributed by atoms with Gasteiger partial charge in [0.15, 0.2) is 0 Å². The molecule has 0 radical (unpaired) electrons. The minimum atomic E-state index is -0.599. The van der Waals surface area contributed by atoms with E-state index in [1.807, 2.05) is 0 Å². The molecule has 1 aromatic carbocycles. The Morgan fingerprint density at radius 1 is 1.22 bits per heavy atom. The fourth-order valence-corrected chi connectivity index (χ4v) is 2.03. The number of ether oxygens (including phenoxy) is 2. The summed E-state index contributed by atoms with van der Waals surface area (Å²) in [6.07, 6.45) is 2.72. The smallest absolute Gasteiger partial charge is 0.373 e. The van der Waals surface area contributed by atoms with E-state index in [0.29, 0.717) is 21.4 Å². The lowest BCUT2D eigenvalue weighted by Gasteiger charge is -2.01. The first-order chi connectivity index (χ1) is 11.0. The van der Waals surface area contributed by atoms with Gasteiger partial charge in [-0.1, -0.05) is 35.3 Å². The fraction of sp³-hybridized carbons (Fsp3) is 0.125. The lowest BCUT2D eigenvalue weighted by molar-refractivity contribution is -0.139. The number of rotatable bonds is 5. The van der Waals surface area contributed by atoms with Crippen LogP contribution in [0.3, 0.4) is 0 Å². The molecule has 0 aliphatic rings. The molecule has 0 unspecified atom stereocenters. The van der Waals surface area contributed by atoms with Crippen LogP contribution in [-0.4, -0.2) is 19.0 Å². The summed E-state index contributed by atoms with van der Waals surface area (Å²) >= 11 is 11.9. The Hall–Kier alpha value is -2.24. The van der Waals surface area contributed by atoms with Crippen molar-refractivity contribution in [2.45, 2.75) is 6.61 Å². The van der Waals surface area contributed by atoms with Crippen molar-refractivity contribution in [1.82, 2.24) is 0 Å². The van der Waals surface area contributed by atoms with E-state index in [0.717, 1.165) is 0 Å². The van der Waals surface area contributed by atoms with Crippen LogP contribution in [0, 0.1) is 0 Å². The lowest BCUT2D eigenvalue weighted by Crippen LogP contribution is -2.01. The molecule has 0 fully saturated rings. The molecule has 0 bridgehead atoms. The molecule has 0 aliphatic carbocycles. The van der Waals surface area contributed by atoms with E-state index in [-0.39, 0.29) is 12.4 Å². The van der Waals surface area contributed by atoms with Crippen molar-refractivity contribution in [3.8, 4) is 0 Å². The van der Waals surface area contributed by atoms with Crippen molar-refractivity contribution in [1.29, 1.82) is 0 Å². The number of hydrogen-bond acceptors (Lipinski definition) is 5. The molecule has 0 saturated carbocycles. The highest BCUT2D eigenvalue weighted by Gasteiger charge is 2.11. The second-order valence-electron chi connectivity index (χ2n) is 4.34. The molecule has 120 valence electrons. The average Bonchev–Trinajstić information content (AvgIpc) is 3.02.